The van der Waals surface area contributed by atoms with Gasteiger partial charge in [-0.05, 0) is 49.6 Å². The van der Waals surface area contributed by atoms with Crippen molar-refractivity contribution in [1.29, 1.82) is 0 Å². The number of ether oxygens (including phenoxy) is 1. The predicted molar refractivity (Wildman–Crippen MR) is 81.0 cm³/mol. The van der Waals surface area contributed by atoms with Crippen LogP contribution in [0.25, 0.3) is 11.1 Å². The van der Waals surface area contributed by atoms with E-state index in [1.54, 1.807) is 6.20 Å². The lowest BCUT2D eigenvalue weighted by atomic mass is 10.0. The van der Waals surface area contributed by atoms with Crippen molar-refractivity contribution in [3.63, 3.8) is 0 Å². The Morgan fingerprint density at radius 1 is 1.25 bits per heavy atom. The molecule has 0 bridgehead atoms. The number of aryl methyl sites for hydroxylation is 1. The first-order chi connectivity index (χ1) is 9.81. The number of hydrogen-bond acceptors (Lipinski definition) is 3. The molecule has 2 aromatic rings. The van der Waals surface area contributed by atoms with Crippen molar-refractivity contribution in [2.45, 2.75) is 25.8 Å². The molecule has 0 saturated carbocycles. The third-order valence-electron chi connectivity index (χ3n) is 3.93. The average molecular weight is 268 g/mol. The number of benzene rings is 1. The number of rotatable bonds is 4. The highest BCUT2D eigenvalue weighted by atomic mass is 16.5. The van der Waals surface area contributed by atoms with Crippen LogP contribution in [-0.2, 0) is 6.42 Å². The fraction of sp³-hybridized carbons (Fsp3) is 0.353. The first-order valence-corrected chi connectivity index (χ1v) is 7.20. The molecule has 1 aromatic heterocycles. The SMILES string of the molecule is CCOc1cncc(-c2ccc3c(c2)CCC3NC)c1. The summed E-state index contributed by atoms with van der Waals surface area (Å²) in [5, 5.41) is 3.37. The highest BCUT2D eigenvalue weighted by Gasteiger charge is 2.21. The molecule has 1 unspecified atom stereocenters. The van der Waals surface area contributed by atoms with Gasteiger partial charge in [0.15, 0.2) is 0 Å². The van der Waals surface area contributed by atoms with Crippen LogP contribution < -0.4 is 10.1 Å². The standard InChI is InChI=1S/C17H20N2O/c1-3-20-15-9-14(10-19-11-15)12-4-6-16-13(8-12)5-7-17(16)18-2/h4,6,8-11,17-18H,3,5,7H2,1-2H3. The van der Waals surface area contributed by atoms with E-state index in [1.807, 2.05) is 20.2 Å². The molecule has 1 N–H and O–H groups in total. The van der Waals surface area contributed by atoms with Crippen molar-refractivity contribution in [3.05, 3.63) is 47.8 Å². The summed E-state index contributed by atoms with van der Waals surface area (Å²) in [7, 11) is 2.03. The molecule has 0 radical (unpaired) electrons. The van der Waals surface area contributed by atoms with Gasteiger partial charge in [-0.25, -0.2) is 0 Å². The fourth-order valence-corrected chi connectivity index (χ4v) is 2.92. The first kappa shape index (κ1) is 13.1. The molecule has 0 aliphatic heterocycles. The zero-order valence-electron chi connectivity index (χ0n) is 12.0. The highest BCUT2D eigenvalue weighted by Crippen LogP contribution is 2.34. The van der Waals surface area contributed by atoms with Gasteiger partial charge >= 0.3 is 0 Å². The Morgan fingerprint density at radius 3 is 2.95 bits per heavy atom. The summed E-state index contributed by atoms with van der Waals surface area (Å²) in [6.07, 6.45) is 5.99. The smallest absolute Gasteiger partial charge is 0.138 e. The van der Waals surface area contributed by atoms with Crippen LogP contribution in [0.1, 0.15) is 30.5 Å². The Hall–Kier alpha value is -1.87. The van der Waals surface area contributed by atoms with E-state index in [9.17, 15) is 0 Å². The van der Waals surface area contributed by atoms with Gasteiger partial charge in [-0.3, -0.25) is 4.98 Å². The van der Waals surface area contributed by atoms with Gasteiger partial charge in [-0.15, -0.1) is 0 Å². The second-order valence-electron chi connectivity index (χ2n) is 5.14. The van der Waals surface area contributed by atoms with Crippen molar-refractivity contribution in [3.8, 4) is 16.9 Å². The van der Waals surface area contributed by atoms with E-state index >= 15 is 0 Å². The van der Waals surface area contributed by atoms with Crippen LogP contribution in [0.5, 0.6) is 5.75 Å². The molecule has 1 heterocycles. The van der Waals surface area contributed by atoms with Gasteiger partial charge in [0.05, 0.1) is 12.8 Å². The van der Waals surface area contributed by atoms with Gasteiger partial charge in [0.25, 0.3) is 0 Å². The van der Waals surface area contributed by atoms with Crippen LogP contribution in [0.2, 0.25) is 0 Å². The number of fused-ring (bicyclic) bond motifs is 1. The average Bonchev–Trinajstić information content (AvgIpc) is 2.90. The van der Waals surface area contributed by atoms with E-state index in [2.05, 4.69) is 34.6 Å². The summed E-state index contributed by atoms with van der Waals surface area (Å²) in [5.41, 5.74) is 5.22. The lowest BCUT2D eigenvalue weighted by Gasteiger charge is -2.11. The van der Waals surface area contributed by atoms with E-state index in [4.69, 9.17) is 4.74 Å². The number of nitrogens with zero attached hydrogens (tertiary/aromatic N) is 1. The molecule has 0 saturated heterocycles. The number of nitrogens with one attached hydrogen (secondary N) is 1. The molecule has 20 heavy (non-hydrogen) atoms. The minimum atomic E-state index is 0.506. The molecule has 3 rings (SSSR count). The van der Waals surface area contributed by atoms with Crippen LogP contribution in [0, 0.1) is 0 Å². The predicted octanol–water partition coefficient (Wildman–Crippen LogP) is 3.35. The zero-order valence-corrected chi connectivity index (χ0v) is 12.0. The van der Waals surface area contributed by atoms with Crippen molar-refractivity contribution < 1.29 is 4.74 Å². The van der Waals surface area contributed by atoms with Gasteiger partial charge in [0.2, 0.25) is 0 Å². The molecular weight excluding hydrogens is 248 g/mol. The molecule has 1 aliphatic rings. The molecule has 0 amide bonds. The van der Waals surface area contributed by atoms with Crippen LogP contribution in [0.15, 0.2) is 36.7 Å². The molecule has 3 nitrogen and oxygen atoms in total. The van der Waals surface area contributed by atoms with E-state index in [0.29, 0.717) is 12.6 Å². The Kier molecular flexibility index (Phi) is 3.70. The molecule has 104 valence electrons. The van der Waals surface area contributed by atoms with Gasteiger partial charge in [0.1, 0.15) is 5.75 Å². The lowest BCUT2D eigenvalue weighted by Crippen LogP contribution is -2.12. The molecule has 3 heteroatoms. The van der Waals surface area contributed by atoms with E-state index < -0.39 is 0 Å². The highest BCUT2D eigenvalue weighted by molar-refractivity contribution is 5.66. The molecular formula is C17H20N2O. The first-order valence-electron chi connectivity index (χ1n) is 7.20. The fourth-order valence-electron chi connectivity index (χ4n) is 2.92. The van der Waals surface area contributed by atoms with Crippen molar-refractivity contribution in [2.24, 2.45) is 0 Å². The lowest BCUT2D eigenvalue weighted by molar-refractivity contribution is 0.339. The van der Waals surface area contributed by atoms with E-state index in [-0.39, 0.29) is 0 Å². The molecule has 1 aliphatic carbocycles. The summed E-state index contributed by atoms with van der Waals surface area (Å²) >= 11 is 0. The largest absolute Gasteiger partial charge is 0.492 e. The maximum Gasteiger partial charge on any atom is 0.138 e. The minimum absolute atomic E-state index is 0.506. The number of pyridine rings is 1. The van der Waals surface area contributed by atoms with Gasteiger partial charge in [-0.1, -0.05) is 18.2 Å². The monoisotopic (exact) mass is 268 g/mol. The normalized spacial score (nSPS) is 17.0. The van der Waals surface area contributed by atoms with Gasteiger partial charge in [0, 0.05) is 17.8 Å². The Labute approximate surface area is 120 Å². The quantitative estimate of drug-likeness (QED) is 0.923. The Bertz CT molecular complexity index is 610. The van der Waals surface area contributed by atoms with E-state index in [0.717, 1.165) is 17.7 Å². The second-order valence-corrected chi connectivity index (χ2v) is 5.14. The number of aromatic nitrogens is 1. The third-order valence-corrected chi connectivity index (χ3v) is 3.93. The van der Waals surface area contributed by atoms with Crippen LogP contribution in [0.3, 0.4) is 0 Å². The summed E-state index contributed by atoms with van der Waals surface area (Å²) in [6.45, 7) is 2.65. The zero-order chi connectivity index (χ0) is 13.9. The maximum atomic E-state index is 5.52. The number of hydrogen-bond donors (Lipinski definition) is 1. The molecule has 1 atom stereocenters. The molecule has 0 spiro atoms. The summed E-state index contributed by atoms with van der Waals surface area (Å²) < 4.78 is 5.52. The van der Waals surface area contributed by atoms with E-state index in [1.165, 1.54) is 23.1 Å². The molecule has 1 aromatic carbocycles. The Balaban J connectivity index is 1.93. The summed E-state index contributed by atoms with van der Waals surface area (Å²) in [5.74, 6) is 0.832. The van der Waals surface area contributed by atoms with Crippen LogP contribution in [-0.4, -0.2) is 18.6 Å². The minimum Gasteiger partial charge on any atom is -0.492 e. The topological polar surface area (TPSA) is 34.1 Å². The van der Waals surface area contributed by atoms with Crippen molar-refractivity contribution in [1.82, 2.24) is 10.3 Å². The van der Waals surface area contributed by atoms with Gasteiger partial charge < -0.3 is 10.1 Å². The van der Waals surface area contributed by atoms with Crippen molar-refractivity contribution in [2.75, 3.05) is 13.7 Å². The molecule has 0 fully saturated rings. The van der Waals surface area contributed by atoms with Gasteiger partial charge in [-0.2, -0.15) is 0 Å². The van der Waals surface area contributed by atoms with Crippen LogP contribution in [0.4, 0.5) is 0 Å². The summed E-state index contributed by atoms with van der Waals surface area (Å²) in [6, 6.07) is 9.28. The van der Waals surface area contributed by atoms with Crippen molar-refractivity contribution >= 4 is 0 Å². The second kappa shape index (κ2) is 5.63. The third kappa shape index (κ3) is 2.41. The Morgan fingerprint density at radius 2 is 2.15 bits per heavy atom. The summed E-state index contributed by atoms with van der Waals surface area (Å²) in [4.78, 5) is 4.27. The maximum absolute atomic E-state index is 5.52. The van der Waals surface area contributed by atoms with Crippen LogP contribution >= 0.6 is 0 Å².